The Balaban J connectivity index is 1.43. The molecule has 1 atom stereocenters. The first-order valence-electron chi connectivity index (χ1n) is 10.3. The van der Waals surface area contributed by atoms with Crippen LogP contribution in [-0.4, -0.2) is 51.3 Å². The number of amides is 2. The molecule has 2 amide bonds. The Labute approximate surface area is 186 Å². The number of nitrogens with zero attached hydrogens (tertiary/aromatic N) is 1. The summed E-state index contributed by atoms with van der Waals surface area (Å²) in [5.74, 6) is 0.178. The van der Waals surface area contributed by atoms with Crippen LogP contribution in [0.15, 0.2) is 47.4 Å². The molecule has 0 bridgehead atoms. The highest BCUT2D eigenvalue weighted by atomic mass is 32.2. The Kier molecular flexibility index (Phi) is 6.33. The minimum atomic E-state index is -3.83. The molecule has 2 aliphatic heterocycles. The van der Waals surface area contributed by atoms with Crippen molar-refractivity contribution in [3.8, 4) is 11.5 Å². The molecule has 32 heavy (non-hydrogen) atoms. The molecule has 0 aromatic heterocycles. The van der Waals surface area contributed by atoms with E-state index in [4.69, 9.17) is 9.47 Å². The van der Waals surface area contributed by atoms with Crippen molar-refractivity contribution in [2.24, 2.45) is 5.92 Å². The van der Waals surface area contributed by atoms with E-state index in [9.17, 15) is 18.0 Å². The SMILES string of the molecule is COc1cccc(CNC(=O)[C@H]2CCCN(S(=O)(=O)c3ccc4c(c3)NC(=O)CO4)C2)c1. The minimum absolute atomic E-state index is 0.0551. The zero-order valence-corrected chi connectivity index (χ0v) is 18.5. The van der Waals surface area contributed by atoms with Crippen molar-refractivity contribution in [2.75, 3.05) is 32.1 Å². The van der Waals surface area contributed by atoms with Gasteiger partial charge in [0, 0.05) is 19.6 Å². The Morgan fingerprint density at radius 3 is 2.94 bits per heavy atom. The predicted octanol–water partition coefficient (Wildman–Crippen LogP) is 1.74. The third-order valence-corrected chi connectivity index (χ3v) is 7.44. The lowest BCUT2D eigenvalue weighted by atomic mass is 9.99. The summed E-state index contributed by atoms with van der Waals surface area (Å²) >= 11 is 0. The van der Waals surface area contributed by atoms with Crippen molar-refractivity contribution >= 4 is 27.5 Å². The summed E-state index contributed by atoms with van der Waals surface area (Å²) in [4.78, 5) is 24.3. The fourth-order valence-electron chi connectivity index (χ4n) is 3.86. The number of nitrogens with one attached hydrogen (secondary N) is 2. The minimum Gasteiger partial charge on any atom is -0.497 e. The van der Waals surface area contributed by atoms with Crippen LogP contribution in [0.3, 0.4) is 0 Å². The summed E-state index contributed by atoms with van der Waals surface area (Å²) in [5.41, 5.74) is 1.23. The van der Waals surface area contributed by atoms with E-state index in [2.05, 4.69) is 10.6 Å². The normalized spacial score (nSPS) is 18.8. The number of anilines is 1. The van der Waals surface area contributed by atoms with Gasteiger partial charge < -0.3 is 20.1 Å². The standard InChI is InChI=1S/C22H25N3O6S/c1-30-17-6-2-4-15(10-17)12-23-22(27)16-5-3-9-25(13-16)32(28,29)18-7-8-20-19(11-18)24-21(26)14-31-20/h2,4,6-8,10-11,16H,3,5,9,12-14H2,1H3,(H,23,27)(H,24,26)/t16-/m0/s1. The Morgan fingerprint density at radius 2 is 2.12 bits per heavy atom. The lowest BCUT2D eigenvalue weighted by Gasteiger charge is -2.31. The van der Waals surface area contributed by atoms with Gasteiger partial charge in [0.05, 0.1) is 23.6 Å². The van der Waals surface area contributed by atoms with E-state index in [1.807, 2.05) is 24.3 Å². The highest BCUT2D eigenvalue weighted by Gasteiger charge is 2.34. The summed E-state index contributed by atoms with van der Waals surface area (Å²) in [6.07, 6.45) is 1.20. The van der Waals surface area contributed by atoms with Crippen molar-refractivity contribution in [3.05, 3.63) is 48.0 Å². The van der Waals surface area contributed by atoms with Crippen LogP contribution in [0.2, 0.25) is 0 Å². The quantitative estimate of drug-likeness (QED) is 0.680. The average molecular weight is 460 g/mol. The Bertz CT molecular complexity index is 1130. The van der Waals surface area contributed by atoms with Gasteiger partial charge in [-0.05, 0) is 48.7 Å². The lowest BCUT2D eigenvalue weighted by Crippen LogP contribution is -2.45. The van der Waals surface area contributed by atoms with Crippen LogP contribution in [0.25, 0.3) is 0 Å². The van der Waals surface area contributed by atoms with E-state index >= 15 is 0 Å². The first kappa shape index (κ1) is 22.1. The number of benzene rings is 2. The van der Waals surface area contributed by atoms with E-state index < -0.39 is 15.9 Å². The maximum atomic E-state index is 13.2. The monoisotopic (exact) mass is 459 g/mol. The molecule has 4 rings (SSSR count). The topological polar surface area (TPSA) is 114 Å². The highest BCUT2D eigenvalue weighted by molar-refractivity contribution is 7.89. The predicted molar refractivity (Wildman–Crippen MR) is 117 cm³/mol. The molecule has 0 radical (unpaired) electrons. The van der Waals surface area contributed by atoms with Crippen LogP contribution in [0.5, 0.6) is 11.5 Å². The largest absolute Gasteiger partial charge is 0.497 e. The molecule has 0 unspecified atom stereocenters. The van der Waals surface area contributed by atoms with Crippen LogP contribution in [0.4, 0.5) is 5.69 Å². The molecule has 1 saturated heterocycles. The Hall–Kier alpha value is -3.11. The third kappa shape index (κ3) is 4.71. The first-order chi connectivity index (χ1) is 15.4. The maximum absolute atomic E-state index is 13.2. The van der Waals surface area contributed by atoms with Crippen LogP contribution in [0.1, 0.15) is 18.4 Å². The molecule has 2 aromatic rings. The summed E-state index contributed by atoms with van der Waals surface area (Å²) in [7, 11) is -2.24. The van der Waals surface area contributed by atoms with Gasteiger partial charge in [-0.1, -0.05) is 12.1 Å². The molecule has 2 aromatic carbocycles. The lowest BCUT2D eigenvalue weighted by molar-refractivity contribution is -0.126. The second kappa shape index (κ2) is 9.17. The zero-order chi connectivity index (χ0) is 22.7. The number of carbonyl (C=O) groups excluding carboxylic acids is 2. The summed E-state index contributed by atoms with van der Waals surface area (Å²) in [6, 6.07) is 11.8. The molecular formula is C22H25N3O6S. The molecule has 170 valence electrons. The summed E-state index contributed by atoms with van der Waals surface area (Å²) < 4.78 is 38.2. The number of piperidine rings is 1. The fourth-order valence-corrected chi connectivity index (χ4v) is 5.41. The number of rotatable bonds is 6. The summed E-state index contributed by atoms with van der Waals surface area (Å²) in [5, 5.41) is 5.52. The van der Waals surface area contributed by atoms with Gasteiger partial charge in [-0.25, -0.2) is 8.42 Å². The van der Waals surface area contributed by atoms with Gasteiger partial charge in [-0.15, -0.1) is 0 Å². The smallest absolute Gasteiger partial charge is 0.262 e. The van der Waals surface area contributed by atoms with Gasteiger partial charge >= 0.3 is 0 Å². The van der Waals surface area contributed by atoms with Crippen LogP contribution >= 0.6 is 0 Å². The Morgan fingerprint density at radius 1 is 1.28 bits per heavy atom. The highest BCUT2D eigenvalue weighted by Crippen LogP contribution is 2.32. The molecule has 0 saturated carbocycles. The number of methoxy groups -OCH3 is 1. The molecule has 0 aliphatic carbocycles. The van der Waals surface area contributed by atoms with Crippen LogP contribution in [0, 0.1) is 5.92 Å². The molecular weight excluding hydrogens is 434 g/mol. The number of ether oxygens (including phenoxy) is 2. The third-order valence-electron chi connectivity index (χ3n) is 5.58. The number of carbonyl (C=O) groups is 2. The summed E-state index contributed by atoms with van der Waals surface area (Å²) in [6.45, 7) is 0.676. The van der Waals surface area contributed by atoms with Gasteiger partial charge in [0.15, 0.2) is 6.61 Å². The molecule has 0 spiro atoms. The molecule has 9 nitrogen and oxygen atoms in total. The number of fused-ring (bicyclic) bond motifs is 1. The average Bonchev–Trinajstić information content (AvgIpc) is 2.82. The molecule has 10 heteroatoms. The van der Waals surface area contributed by atoms with Gasteiger partial charge in [0.25, 0.3) is 5.91 Å². The van der Waals surface area contributed by atoms with Crippen molar-refractivity contribution in [1.29, 1.82) is 0 Å². The number of hydrogen-bond acceptors (Lipinski definition) is 6. The van der Waals surface area contributed by atoms with Gasteiger partial charge in [-0.3, -0.25) is 9.59 Å². The van der Waals surface area contributed by atoms with E-state index in [1.54, 1.807) is 7.11 Å². The van der Waals surface area contributed by atoms with Crippen LogP contribution < -0.4 is 20.1 Å². The second-order valence-corrected chi connectivity index (χ2v) is 9.70. The van der Waals surface area contributed by atoms with Gasteiger partial charge in [0.2, 0.25) is 15.9 Å². The molecule has 2 heterocycles. The van der Waals surface area contributed by atoms with Gasteiger partial charge in [0.1, 0.15) is 11.5 Å². The van der Waals surface area contributed by atoms with E-state index in [0.29, 0.717) is 43.1 Å². The zero-order valence-electron chi connectivity index (χ0n) is 17.7. The van der Waals surface area contributed by atoms with Crippen molar-refractivity contribution in [3.63, 3.8) is 0 Å². The molecule has 2 N–H and O–H groups in total. The molecule has 1 fully saturated rings. The fraction of sp³-hybridized carbons (Fsp3) is 0.364. The first-order valence-corrected chi connectivity index (χ1v) is 11.8. The van der Waals surface area contributed by atoms with Crippen molar-refractivity contribution in [1.82, 2.24) is 9.62 Å². The number of hydrogen-bond donors (Lipinski definition) is 2. The van der Waals surface area contributed by atoms with Crippen molar-refractivity contribution in [2.45, 2.75) is 24.3 Å². The van der Waals surface area contributed by atoms with Crippen molar-refractivity contribution < 1.29 is 27.5 Å². The second-order valence-electron chi connectivity index (χ2n) is 7.77. The maximum Gasteiger partial charge on any atom is 0.262 e. The van der Waals surface area contributed by atoms with E-state index in [0.717, 1.165) is 5.56 Å². The number of sulfonamides is 1. The van der Waals surface area contributed by atoms with Crippen LogP contribution in [-0.2, 0) is 26.2 Å². The van der Waals surface area contributed by atoms with E-state index in [1.165, 1.54) is 22.5 Å². The van der Waals surface area contributed by atoms with E-state index in [-0.39, 0.29) is 29.9 Å². The molecule has 2 aliphatic rings. The van der Waals surface area contributed by atoms with Gasteiger partial charge in [-0.2, -0.15) is 4.31 Å².